The van der Waals surface area contributed by atoms with Gasteiger partial charge >= 0.3 is 12.2 Å². The van der Waals surface area contributed by atoms with E-state index < -0.39 is 18.2 Å². The lowest BCUT2D eigenvalue weighted by molar-refractivity contribution is -0.149. The summed E-state index contributed by atoms with van der Waals surface area (Å²) in [5.41, 5.74) is 0. The van der Waals surface area contributed by atoms with Crippen LogP contribution >= 0.6 is 0 Å². The van der Waals surface area contributed by atoms with Crippen molar-refractivity contribution < 1.29 is 27.2 Å². The van der Waals surface area contributed by atoms with E-state index in [2.05, 4.69) is 0 Å². The van der Waals surface area contributed by atoms with Gasteiger partial charge in [0.25, 0.3) is 5.91 Å². The maximum Gasteiger partial charge on any atom is 0.408 e. The van der Waals surface area contributed by atoms with E-state index in [0.29, 0.717) is 19.5 Å². The van der Waals surface area contributed by atoms with Crippen LogP contribution < -0.4 is 5.32 Å². The maximum atomic E-state index is 12.5. The van der Waals surface area contributed by atoms with Crippen molar-refractivity contribution in [3.05, 3.63) is 24.2 Å². The number of carbonyl (C=O) groups excluding carboxylic acids is 2. The molecule has 1 aliphatic rings. The molecule has 6 nitrogen and oxygen atoms in total. The van der Waals surface area contributed by atoms with E-state index in [-0.39, 0.29) is 24.8 Å². The highest BCUT2D eigenvalue weighted by Crippen LogP contribution is 2.20. The highest BCUT2D eigenvalue weighted by Gasteiger charge is 2.38. The largest absolute Gasteiger partial charge is 0.459 e. The monoisotopic (exact) mass is 333 g/mol. The molecule has 23 heavy (non-hydrogen) atoms. The minimum atomic E-state index is -4.48. The van der Waals surface area contributed by atoms with Gasteiger partial charge in [-0.05, 0) is 25.5 Å². The van der Waals surface area contributed by atoms with Crippen LogP contribution in [0.1, 0.15) is 23.9 Å². The zero-order valence-corrected chi connectivity index (χ0v) is 12.6. The van der Waals surface area contributed by atoms with Crippen molar-refractivity contribution in [2.45, 2.75) is 25.6 Å². The summed E-state index contributed by atoms with van der Waals surface area (Å²) in [7, 11) is 0. The number of hydrogen-bond donors (Lipinski definition) is 1. The van der Waals surface area contributed by atoms with Gasteiger partial charge in [0.2, 0.25) is 0 Å². The number of nitrogens with one attached hydrogen (secondary N) is 1. The van der Waals surface area contributed by atoms with Gasteiger partial charge < -0.3 is 19.5 Å². The Morgan fingerprint density at radius 2 is 1.87 bits per heavy atom. The van der Waals surface area contributed by atoms with Gasteiger partial charge in [-0.15, -0.1) is 0 Å². The normalized spacial score (nSPS) is 17.6. The van der Waals surface area contributed by atoms with Crippen LogP contribution in [0.15, 0.2) is 22.8 Å². The third-order valence-electron chi connectivity index (χ3n) is 3.63. The number of urea groups is 1. The van der Waals surface area contributed by atoms with Crippen LogP contribution in [0.3, 0.4) is 0 Å². The topological polar surface area (TPSA) is 65.8 Å². The van der Waals surface area contributed by atoms with Crippen LogP contribution in [0.5, 0.6) is 0 Å². The molecule has 0 aromatic carbocycles. The average molecular weight is 333 g/mol. The molecule has 0 bridgehead atoms. The number of furan rings is 1. The predicted molar refractivity (Wildman–Crippen MR) is 74.9 cm³/mol. The molecule has 1 aliphatic heterocycles. The van der Waals surface area contributed by atoms with Gasteiger partial charge in [-0.3, -0.25) is 4.79 Å². The summed E-state index contributed by atoms with van der Waals surface area (Å²) in [5, 5.41) is 1.93. The van der Waals surface area contributed by atoms with Crippen LogP contribution in [0.25, 0.3) is 0 Å². The van der Waals surface area contributed by atoms with Crippen molar-refractivity contribution in [3.63, 3.8) is 0 Å². The molecule has 1 fully saturated rings. The molecule has 9 heteroatoms. The number of rotatable bonds is 2. The summed E-state index contributed by atoms with van der Waals surface area (Å²) in [6.07, 6.45) is -2.60. The molecule has 0 radical (unpaired) electrons. The third kappa shape index (κ3) is 4.40. The number of nitrogens with zero attached hydrogens (tertiary/aromatic N) is 2. The molecule has 1 aromatic heterocycles. The Balaban J connectivity index is 1.91. The van der Waals surface area contributed by atoms with E-state index in [9.17, 15) is 22.8 Å². The molecule has 0 saturated carbocycles. The fourth-order valence-electron chi connectivity index (χ4n) is 2.24. The first kappa shape index (κ1) is 17.2. The Bertz CT molecular complexity index is 545. The quantitative estimate of drug-likeness (QED) is 0.901. The van der Waals surface area contributed by atoms with E-state index in [1.807, 2.05) is 5.32 Å². The second kappa shape index (κ2) is 6.93. The van der Waals surface area contributed by atoms with Crippen molar-refractivity contribution in [1.82, 2.24) is 15.1 Å². The molecule has 2 heterocycles. The second-order valence-electron chi connectivity index (χ2n) is 5.32. The summed E-state index contributed by atoms with van der Waals surface area (Å²) in [4.78, 5) is 26.9. The number of amides is 3. The van der Waals surface area contributed by atoms with Gasteiger partial charge in [0.05, 0.1) is 6.26 Å². The van der Waals surface area contributed by atoms with Gasteiger partial charge in [-0.25, -0.2) is 4.79 Å². The summed E-state index contributed by atoms with van der Waals surface area (Å²) < 4.78 is 42.5. The molecule has 0 unspecified atom stereocenters. The van der Waals surface area contributed by atoms with Crippen LogP contribution in [-0.2, 0) is 0 Å². The first-order valence-corrected chi connectivity index (χ1v) is 7.24. The molecule has 1 atom stereocenters. The molecule has 1 N–H and O–H groups in total. The van der Waals surface area contributed by atoms with Gasteiger partial charge in [-0.2, -0.15) is 13.2 Å². The number of hydrogen-bond acceptors (Lipinski definition) is 3. The first-order chi connectivity index (χ1) is 10.8. The summed E-state index contributed by atoms with van der Waals surface area (Å²) in [5.74, 6) is -0.0884. The highest BCUT2D eigenvalue weighted by atomic mass is 19.4. The smallest absolute Gasteiger partial charge is 0.408 e. The number of halogens is 3. The molecular weight excluding hydrogens is 315 g/mol. The minimum Gasteiger partial charge on any atom is -0.459 e. The van der Waals surface area contributed by atoms with Gasteiger partial charge in [0, 0.05) is 26.2 Å². The Kier molecular flexibility index (Phi) is 5.17. The molecule has 0 aliphatic carbocycles. The van der Waals surface area contributed by atoms with Crippen molar-refractivity contribution >= 4 is 11.9 Å². The number of carbonyl (C=O) groups is 2. The van der Waals surface area contributed by atoms with E-state index in [1.165, 1.54) is 16.1 Å². The average Bonchev–Trinajstić information content (AvgIpc) is 2.89. The van der Waals surface area contributed by atoms with Gasteiger partial charge in [-0.1, -0.05) is 0 Å². The SMILES string of the molecule is C[C@H](NC(=O)N1CCCN(C(=O)c2ccco2)CC1)C(F)(F)F. The van der Waals surface area contributed by atoms with Crippen molar-refractivity contribution in [2.75, 3.05) is 26.2 Å². The first-order valence-electron chi connectivity index (χ1n) is 7.24. The van der Waals surface area contributed by atoms with Crippen molar-refractivity contribution in [1.29, 1.82) is 0 Å². The Labute approximate surface area is 131 Å². The lowest BCUT2D eigenvalue weighted by Gasteiger charge is -2.25. The van der Waals surface area contributed by atoms with Crippen molar-refractivity contribution in [2.24, 2.45) is 0 Å². The van der Waals surface area contributed by atoms with Gasteiger partial charge in [0.1, 0.15) is 6.04 Å². The fraction of sp³-hybridized carbons (Fsp3) is 0.571. The second-order valence-corrected chi connectivity index (χ2v) is 5.32. The van der Waals surface area contributed by atoms with Gasteiger partial charge in [0.15, 0.2) is 5.76 Å². The fourth-order valence-corrected chi connectivity index (χ4v) is 2.24. The maximum absolute atomic E-state index is 12.5. The van der Waals surface area contributed by atoms with Crippen LogP contribution in [0.4, 0.5) is 18.0 Å². The standard InChI is InChI=1S/C14H18F3N3O3/c1-10(14(15,16)17)18-13(22)20-6-3-5-19(7-8-20)12(21)11-4-2-9-23-11/h2,4,9-10H,3,5-8H2,1H3,(H,18,22)/t10-/m0/s1. The van der Waals surface area contributed by atoms with E-state index in [0.717, 1.165) is 6.92 Å². The highest BCUT2D eigenvalue weighted by molar-refractivity contribution is 5.91. The Morgan fingerprint density at radius 3 is 2.48 bits per heavy atom. The minimum absolute atomic E-state index is 0.170. The van der Waals surface area contributed by atoms with Crippen LogP contribution in [-0.4, -0.2) is 60.1 Å². The number of alkyl halides is 3. The lowest BCUT2D eigenvalue weighted by Crippen LogP contribution is -2.50. The zero-order valence-electron chi connectivity index (χ0n) is 12.6. The Hall–Kier alpha value is -2.19. The molecule has 0 spiro atoms. The molecular formula is C14H18F3N3O3. The molecule has 2 rings (SSSR count). The lowest BCUT2D eigenvalue weighted by atomic mass is 10.3. The van der Waals surface area contributed by atoms with E-state index in [4.69, 9.17) is 4.42 Å². The summed E-state index contributed by atoms with van der Waals surface area (Å²) >= 11 is 0. The predicted octanol–water partition coefficient (Wildman–Crippen LogP) is 2.09. The Morgan fingerprint density at radius 1 is 1.22 bits per heavy atom. The molecule has 3 amide bonds. The van der Waals surface area contributed by atoms with E-state index >= 15 is 0 Å². The third-order valence-corrected chi connectivity index (χ3v) is 3.63. The van der Waals surface area contributed by atoms with Crippen molar-refractivity contribution in [3.8, 4) is 0 Å². The van der Waals surface area contributed by atoms with Crippen LogP contribution in [0, 0.1) is 0 Å². The summed E-state index contributed by atoms with van der Waals surface area (Å²) in [6.45, 7) is 2.01. The van der Waals surface area contributed by atoms with E-state index in [1.54, 1.807) is 12.1 Å². The molecule has 128 valence electrons. The van der Waals surface area contributed by atoms with Crippen LogP contribution in [0.2, 0.25) is 0 Å². The summed E-state index contributed by atoms with van der Waals surface area (Å²) in [6, 6.07) is 0.452. The zero-order chi connectivity index (χ0) is 17.0. The molecule has 1 saturated heterocycles. The molecule has 1 aromatic rings.